The number of imidazole rings is 1. The first kappa shape index (κ1) is 20.3. The number of piperidine rings is 1. The molecule has 0 spiro atoms. The van der Waals surface area contributed by atoms with E-state index in [9.17, 15) is 14.3 Å². The third-order valence-electron chi connectivity index (χ3n) is 6.40. The number of pyridine rings is 1. The fourth-order valence-electron chi connectivity index (χ4n) is 4.73. The van der Waals surface area contributed by atoms with E-state index in [1.165, 1.54) is 4.40 Å². The van der Waals surface area contributed by atoms with Crippen LogP contribution in [0.4, 0.5) is 4.39 Å². The molecule has 0 saturated carbocycles. The zero-order valence-corrected chi connectivity index (χ0v) is 17.0. The lowest BCUT2D eigenvalue weighted by molar-refractivity contribution is 0.0213. The summed E-state index contributed by atoms with van der Waals surface area (Å²) in [5.74, 6) is -0.654. The SMILES string of the molecule is CN1CCN([C@@H]2CCN(C(=O)c3nc4ccccn4c3F)C[C@@H]2CCCO)CC1. The van der Waals surface area contributed by atoms with Crippen LogP contribution in [0.1, 0.15) is 29.8 Å². The highest BCUT2D eigenvalue weighted by Gasteiger charge is 2.37. The normalized spacial score (nSPS) is 24.3. The summed E-state index contributed by atoms with van der Waals surface area (Å²) in [5.41, 5.74) is 0.340. The van der Waals surface area contributed by atoms with E-state index in [0.29, 0.717) is 24.8 Å². The van der Waals surface area contributed by atoms with Crippen LogP contribution in [-0.2, 0) is 0 Å². The number of piperazine rings is 1. The number of carbonyl (C=O) groups excluding carboxylic acids is 1. The Labute approximate surface area is 170 Å². The van der Waals surface area contributed by atoms with E-state index in [2.05, 4.69) is 21.8 Å². The summed E-state index contributed by atoms with van der Waals surface area (Å²) in [5, 5.41) is 9.34. The molecule has 0 aromatic carbocycles. The predicted octanol–water partition coefficient (Wildman–Crippen LogP) is 1.32. The van der Waals surface area contributed by atoms with Crippen LogP contribution in [0.25, 0.3) is 5.65 Å². The number of likely N-dealkylation sites (tertiary alicyclic amines) is 1. The molecule has 2 saturated heterocycles. The van der Waals surface area contributed by atoms with E-state index < -0.39 is 5.95 Å². The number of aromatic nitrogens is 2. The lowest BCUT2D eigenvalue weighted by atomic mass is 9.86. The Bertz CT molecular complexity index is 849. The van der Waals surface area contributed by atoms with Crippen LogP contribution >= 0.6 is 0 Å². The molecule has 2 aromatic rings. The van der Waals surface area contributed by atoms with E-state index in [4.69, 9.17) is 0 Å². The average Bonchev–Trinajstić information content (AvgIpc) is 3.09. The van der Waals surface area contributed by atoms with Crippen molar-refractivity contribution in [2.45, 2.75) is 25.3 Å². The number of hydrogen-bond donors (Lipinski definition) is 1. The molecule has 1 amide bonds. The number of amides is 1. The smallest absolute Gasteiger partial charge is 0.277 e. The minimum Gasteiger partial charge on any atom is -0.396 e. The molecule has 1 N–H and O–H groups in total. The highest BCUT2D eigenvalue weighted by molar-refractivity contribution is 5.93. The van der Waals surface area contributed by atoms with Gasteiger partial charge in [0.05, 0.1) is 0 Å². The van der Waals surface area contributed by atoms with Crippen molar-refractivity contribution in [3.63, 3.8) is 0 Å². The lowest BCUT2D eigenvalue weighted by Gasteiger charge is -2.46. The first-order valence-electron chi connectivity index (χ1n) is 10.5. The third kappa shape index (κ3) is 4.15. The van der Waals surface area contributed by atoms with Gasteiger partial charge in [0.25, 0.3) is 5.91 Å². The summed E-state index contributed by atoms with van der Waals surface area (Å²) in [6, 6.07) is 5.61. The molecular weight excluding hydrogens is 373 g/mol. The summed E-state index contributed by atoms with van der Waals surface area (Å²) >= 11 is 0. The molecule has 2 aliphatic heterocycles. The molecule has 2 atom stereocenters. The summed E-state index contributed by atoms with van der Waals surface area (Å²) < 4.78 is 16.1. The fourth-order valence-corrected chi connectivity index (χ4v) is 4.73. The van der Waals surface area contributed by atoms with E-state index in [1.54, 1.807) is 29.3 Å². The quantitative estimate of drug-likeness (QED) is 0.816. The maximum atomic E-state index is 14.7. The Balaban J connectivity index is 1.50. The van der Waals surface area contributed by atoms with Gasteiger partial charge in [0, 0.05) is 58.1 Å². The molecular formula is C21H30FN5O2. The molecule has 0 unspecified atom stereocenters. The monoisotopic (exact) mass is 403 g/mol. The van der Waals surface area contributed by atoms with Gasteiger partial charge in [0.15, 0.2) is 5.69 Å². The van der Waals surface area contributed by atoms with Crippen molar-refractivity contribution in [3.8, 4) is 0 Å². The molecule has 7 nitrogen and oxygen atoms in total. The second-order valence-corrected chi connectivity index (χ2v) is 8.25. The zero-order chi connectivity index (χ0) is 20.4. The van der Waals surface area contributed by atoms with Crippen LogP contribution in [0.2, 0.25) is 0 Å². The fraction of sp³-hybridized carbons (Fsp3) is 0.619. The molecule has 158 valence electrons. The number of halogens is 1. The second-order valence-electron chi connectivity index (χ2n) is 8.25. The summed E-state index contributed by atoms with van der Waals surface area (Å²) in [6.07, 6.45) is 4.04. The van der Waals surface area contributed by atoms with Gasteiger partial charge in [-0.15, -0.1) is 0 Å². The molecule has 4 rings (SSSR count). The van der Waals surface area contributed by atoms with Gasteiger partial charge in [-0.3, -0.25) is 14.1 Å². The highest BCUT2D eigenvalue weighted by Crippen LogP contribution is 2.28. The minimum atomic E-state index is -0.598. The lowest BCUT2D eigenvalue weighted by Crippen LogP contribution is -2.57. The van der Waals surface area contributed by atoms with Crippen LogP contribution in [0.3, 0.4) is 0 Å². The Hall–Kier alpha value is -2.03. The number of aliphatic hydroxyl groups is 1. The Morgan fingerprint density at radius 3 is 2.76 bits per heavy atom. The molecule has 0 bridgehead atoms. The number of rotatable bonds is 5. The molecule has 4 heterocycles. The van der Waals surface area contributed by atoms with Crippen molar-refractivity contribution in [2.75, 3.05) is 52.9 Å². The summed E-state index contributed by atoms with van der Waals surface area (Å²) in [7, 11) is 2.14. The topological polar surface area (TPSA) is 64.3 Å². The van der Waals surface area contributed by atoms with Crippen molar-refractivity contribution in [1.29, 1.82) is 0 Å². The number of nitrogens with zero attached hydrogens (tertiary/aromatic N) is 5. The van der Waals surface area contributed by atoms with E-state index in [-0.39, 0.29) is 24.1 Å². The van der Waals surface area contributed by atoms with Crippen molar-refractivity contribution < 1.29 is 14.3 Å². The van der Waals surface area contributed by atoms with Gasteiger partial charge in [-0.05, 0) is 44.4 Å². The van der Waals surface area contributed by atoms with Gasteiger partial charge in [0.2, 0.25) is 5.95 Å². The van der Waals surface area contributed by atoms with E-state index in [1.807, 2.05) is 0 Å². The molecule has 2 fully saturated rings. The average molecular weight is 404 g/mol. The van der Waals surface area contributed by atoms with Crippen LogP contribution < -0.4 is 0 Å². The van der Waals surface area contributed by atoms with Gasteiger partial charge in [-0.1, -0.05) is 6.07 Å². The van der Waals surface area contributed by atoms with Crippen LogP contribution in [0.5, 0.6) is 0 Å². The molecule has 0 aliphatic carbocycles. The molecule has 8 heteroatoms. The summed E-state index contributed by atoms with van der Waals surface area (Å²) in [6.45, 7) is 5.52. The maximum Gasteiger partial charge on any atom is 0.277 e. The maximum absolute atomic E-state index is 14.7. The molecule has 2 aromatic heterocycles. The van der Waals surface area contributed by atoms with Gasteiger partial charge in [-0.2, -0.15) is 4.39 Å². The minimum absolute atomic E-state index is 0.102. The van der Waals surface area contributed by atoms with Crippen molar-refractivity contribution in [1.82, 2.24) is 24.1 Å². The van der Waals surface area contributed by atoms with Crippen molar-refractivity contribution >= 4 is 11.6 Å². The molecule has 29 heavy (non-hydrogen) atoms. The third-order valence-corrected chi connectivity index (χ3v) is 6.40. The highest BCUT2D eigenvalue weighted by atomic mass is 19.1. The first-order valence-corrected chi connectivity index (χ1v) is 10.5. The standard InChI is InChI=1S/C21H30FN5O2/c1-24-10-12-25(13-11-24)17-7-9-26(15-16(17)5-4-14-28)21(29)19-20(22)27-8-3-2-6-18(27)23-19/h2-3,6,8,16-17,28H,4-5,7,9-15H2,1H3/t16-,17+/m0/s1. The van der Waals surface area contributed by atoms with Crippen LogP contribution in [0.15, 0.2) is 24.4 Å². The van der Waals surface area contributed by atoms with E-state index in [0.717, 1.165) is 45.4 Å². The molecule has 0 radical (unpaired) electrons. The van der Waals surface area contributed by atoms with Crippen LogP contribution in [-0.4, -0.2) is 94.1 Å². The second kappa shape index (κ2) is 8.77. The van der Waals surface area contributed by atoms with Gasteiger partial charge < -0.3 is 14.9 Å². The van der Waals surface area contributed by atoms with Gasteiger partial charge >= 0.3 is 0 Å². The zero-order valence-electron chi connectivity index (χ0n) is 17.0. The number of hydrogen-bond acceptors (Lipinski definition) is 5. The predicted molar refractivity (Wildman–Crippen MR) is 108 cm³/mol. The first-order chi connectivity index (χ1) is 14.1. The van der Waals surface area contributed by atoms with Crippen molar-refractivity contribution in [2.24, 2.45) is 5.92 Å². The van der Waals surface area contributed by atoms with E-state index >= 15 is 0 Å². The van der Waals surface area contributed by atoms with Crippen molar-refractivity contribution in [3.05, 3.63) is 36.0 Å². The Morgan fingerprint density at radius 1 is 1.24 bits per heavy atom. The number of aliphatic hydroxyl groups excluding tert-OH is 1. The summed E-state index contributed by atoms with van der Waals surface area (Å²) in [4.78, 5) is 23.9. The molecule has 2 aliphatic rings. The Morgan fingerprint density at radius 2 is 2.03 bits per heavy atom. The Kier molecular flexibility index (Phi) is 6.12. The number of likely N-dealkylation sites (N-methyl/N-ethyl adjacent to an activating group) is 1. The number of carbonyl (C=O) groups is 1. The van der Waals surface area contributed by atoms with Gasteiger partial charge in [0.1, 0.15) is 5.65 Å². The largest absolute Gasteiger partial charge is 0.396 e. The van der Waals surface area contributed by atoms with Gasteiger partial charge in [-0.25, -0.2) is 4.98 Å². The van der Waals surface area contributed by atoms with Crippen LogP contribution in [0, 0.1) is 11.9 Å². The number of fused-ring (bicyclic) bond motifs is 1.